The van der Waals surface area contributed by atoms with Crippen molar-refractivity contribution >= 4 is 11.9 Å². The Bertz CT molecular complexity index is 413. The first-order chi connectivity index (χ1) is 8.74. The van der Waals surface area contributed by atoms with Crippen LogP contribution < -0.4 is 0 Å². The molecule has 0 spiro atoms. The Labute approximate surface area is 112 Å². The van der Waals surface area contributed by atoms with Gasteiger partial charge >= 0.3 is 11.9 Å². The second-order valence-corrected chi connectivity index (χ2v) is 2.84. The van der Waals surface area contributed by atoms with E-state index in [0.717, 1.165) is 0 Å². The summed E-state index contributed by atoms with van der Waals surface area (Å²) in [5.74, 6) is -1.94. The lowest BCUT2D eigenvalue weighted by atomic mass is 10.3. The van der Waals surface area contributed by atoms with Crippen molar-refractivity contribution in [1.82, 2.24) is 0 Å². The van der Waals surface area contributed by atoms with Crippen molar-refractivity contribution in [3.8, 4) is 6.07 Å². The van der Waals surface area contributed by atoms with Gasteiger partial charge in [0.25, 0.3) is 0 Å². The molecule has 5 heteroatoms. The number of allylic oxidation sites excluding steroid dienone is 3. The molecule has 0 aliphatic heterocycles. The fraction of sp³-hybridized carbons (Fsp3) is 0.0714. The first-order valence-electron chi connectivity index (χ1n) is 4.85. The van der Waals surface area contributed by atoms with Crippen LogP contribution >= 0.6 is 0 Å². The van der Waals surface area contributed by atoms with E-state index >= 15 is 0 Å². The lowest BCUT2D eigenvalue weighted by Gasteiger charge is -1.85. The molecule has 0 aromatic carbocycles. The average molecular weight is 263 g/mol. The van der Waals surface area contributed by atoms with Crippen LogP contribution in [0.3, 0.4) is 0 Å². The SMILES string of the molecule is C=C(C)C(=O)O.C=CC#N.C=CC=CC(=C)C(=O)O. The lowest BCUT2D eigenvalue weighted by Crippen LogP contribution is -1.94. The molecule has 0 radical (unpaired) electrons. The van der Waals surface area contributed by atoms with E-state index in [1.807, 2.05) is 0 Å². The zero-order valence-corrected chi connectivity index (χ0v) is 10.8. The summed E-state index contributed by atoms with van der Waals surface area (Å²) in [5.41, 5.74) is 0.241. The maximum Gasteiger partial charge on any atom is 0.335 e. The van der Waals surface area contributed by atoms with Crippen molar-refractivity contribution < 1.29 is 19.8 Å². The van der Waals surface area contributed by atoms with Crippen molar-refractivity contribution in [1.29, 1.82) is 5.26 Å². The van der Waals surface area contributed by atoms with Gasteiger partial charge in [0.1, 0.15) is 0 Å². The number of nitriles is 1. The molecule has 0 heterocycles. The minimum Gasteiger partial charge on any atom is -0.478 e. The van der Waals surface area contributed by atoms with Gasteiger partial charge in [-0.1, -0.05) is 38.5 Å². The molecule has 2 N–H and O–H groups in total. The zero-order valence-electron chi connectivity index (χ0n) is 10.8. The van der Waals surface area contributed by atoms with E-state index in [1.54, 1.807) is 6.07 Å². The Kier molecular flexibility index (Phi) is 17.1. The molecule has 0 unspecified atom stereocenters. The second kappa shape index (κ2) is 15.1. The molecule has 19 heavy (non-hydrogen) atoms. The van der Waals surface area contributed by atoms with Gasteiger partial charge < -0.3 is 10.2 Å². The van der Waals surface area contributed by atoms with Gasteiger partial charge in [-0.15, -0.1) is 0 Å². The van der Waals surface area contributed by atoms with Crippen LogP contribution in [0.5, 0.6) is 0 Å². The van der Waals surface area contributed by atoms with Gasteiger partial charge in [0.2, 0.25) is 0 Å². The second-order valence-electron chi connectivity index (χ2n) is 2.84. The number of hydrogen-bond acceptors (Lipinski definition) is 3. The van der Waals surface area contributed by atoms with Gasteiger partial charge in [0.05, 0.1) is 11.6 Å². The normalized spacial score (nSPS) is 7.58. The van der Waals surface area contributed by atoms with Gasteiger partial charge in [0, 0.05) is 11.6 Å². The van der Waals surface area contributed by atoms with Crippen LogP contribution in [0.15, 0.2) is 61.8 Å². The molecular formula is C14H17NO4. The molecule has 0 atom stereocenters. The van der Waals surface area contributed by atoms with Gasteiger partial charge in [-0.25, -0.2) is 9.59 Å². The van der Waals surface area contributed by atoms with E-state index in [0.29, 0.717) is 0 Å². The van der Waals surface area contributed by atoms with Crippen LogP contribution in [0, 0.1) is 11.3 Å². The number of aliphatic carboxylic acids is 2. The van der Waals surface area contributed by atoms with Crippen molar-refractivity contribution in [2.45, 2.75) is 6.92 Å². The summed E-state index contributed by atoms with van der Waals surface area (Å²) < 4.78 is 0. The fourth-order valence-corrected chi connectivity index (χ4v) is 0.255. The van der Waals surface area contributed by atoms with Crippen molar-refractivity contribution in [3.05, 3.63) is 61.8 Å². The number of carbonyl (C=O) groups is 2. The minimum absolute atomic E-state index is 0.0647. The van der Waals surface area contributed by atoms with E-state index in [4.69, 9.17) is 15.5 Å². The maximum atomic E-state index is 10.0. The summed E-state index contributed by atoms with van der Waals surface area (Å²) in [7, 11) is 0. The van der Waals surface area contributed by atoms with Gasteiger partial charge in [-0.05, 0) is 13.0 Å². The molecule has 0 saturated carbocycles. The zero-order chi connectivity index (χ0) is 15.8. The Hall–Kier alpha value is -2.87. The smallest absolute Gasteiger partial charge is 0.335 e. The Balaban J connectivity index is -0.000000222. The predicted octanol–water partition coefficient (Wildman–Crippen LogP) is 2.71. The molecule has 0 rings (SSSR count). The van der Waals surface area contributed by atoms with Crippen LogP contribution in [-0.4, -0.2) is 22.2 Å². The molecule has 0 aliphatic carbocycles. The van der Waals surface area contributed by atoms with Crippen LogP contribution in [0.1, 0.15) is 6.92 Å². The number of carboxylic acids is 2. The highest BCUT2D eigenvalue weighted by Gasteiger charge is 1.95. The van der Waals surface area contributed by atoms with Gasteiger partial charge in [-0.2, -0.15) is 5.26 Å². The fourth-order valence-electron chi connectivity index (χ4n) is 0.255. The first kappa shape index (κ1) is 21.4. The standard InChI is InChI=1S/C7H8O2.C4H6O2.C3H3N/c1-3-4-5-6(2)7(8)9;1-3(2)4(5)6;1-2-3-4/h3-5H,1-2H2,(H,8,9);1H2,2H3,(H,5,6);2H,1H2. The molecule has 0 amide bonds. The monoisotopic (exact) mass is 263 g/mol. The topological polar surface area (TPSA) is 98.4 Å². The van der Waals surface area contributed by atoms with Crippen molar-refractivity contribution in [2.24, 2.45) is 0 Å². The highest BCUT2D eigenvalue weighted by atomic mass is 16.4. The van der Waals surface area contributed by atoms with E-state index in [9.17, 15) is 9.59 Å². The number of nitrogens with zero attached hydrogens (tertiary/aromatic N) is 1. The van der Waals surface area contributed by atoms with E-state index < -0.39 is 11.9 Å². The van der Waals surface area contributed by atoms with Gasteiger partial charge in [0.15, 0.2) is 0 Å². The van der Waals surface area contributed by atoms with E-state index in [-0.39, 0.29) is 11.1 Å². The van der Waals surface area contributed by atoms with Crippen LogP contribution in [0.25, 0.3) is 0 Å². The van der Waals surface area contributed by atoms with Crippen LogP contribution in [-0.2, 0) is 9.59 Å². The third kappa shape index (κ3) is 25.4. The maximum absolute atomic E-state index is 10.0. The minimum atomic E-state index is -1.01. The quantitative estimate of drug-likeness (QED) is 0.461. The lowest BCUT2D eigenvalue weighted by molar-refractivity contribution is -0.133. The third-order valence-electron chi connectivity index (χ3n) is 1.16. The summed E-state index contributed by atoms with van der Waals surface area (Å²) in [5, 5.41) is 23.6. The van der Waals surface area contributed by atoms with Crippen molar-refractivity contribution in [3.63, 3.8) is 0 Å². The Morgan fingerprint density at radius 3 is 1.68 bits per heavy atom. The summed E-state index contributed by atoms with van der Waals surface area (Å²) in [6, 6.07) is 1.69. The predicted molar refractivity (Wildman–Crippen MR) is 74.4 cm³/mol. The summed E-state index contributed by atoms with van der Waals surface area (Å²) >= 11 is 0. The number of hydrogen-bond donors (Lipinski definition) is 2. The molecule has 0 aromatic heterocycles. The summed E-state index contributed by atoms with van der Waals surface area (Å²) in [6.45, 7) is 14.3. The molecule has 102 valence electrons. The third-order valence-corrected chi connectivity index (χ3v) is 1.16. The average Bonchev–Trinajstić information content (AvgIpc) is 2.36. The summed E-state index contributed by atoms with van der Waals surface area (Å²) in [4.78, 5) is 19.6. The molecule has 0 fully saturated rings. The summed E-state index contributed by atoms with van der Waals surface area (Å²) in [6.07, 6.45) is 5.58. The molecule has 0 bridgehead atoms. The van der Waals surface area contributed by atoms with Crippen LogP contribution in [0.4, 0.5) is 0 Å². The van der Waals surface area contributed by atoms with Crippen LogP contribution in [0.2, 0.25) is 0 Å². The highest BCUT2D eigenvalue weighted by molar-refractivity contribution is 5.89. The molecule has 5 nitrogen and oxygen atoms in total. The van der Waals surface area contributed by atoms with Gasteiger partial charge in [-0.3, -0.25) is 0 Å². The number of rotatable bonds is 4. The molecule has 0 saturated heterocycles. The van der Waals surface area contributed by atoms with E-state index in [2.05, 4.69) is 26.3 Å². The first-order valence-corrected chi connectivity index (χ1v) is 4.85. The Morgan fingerprint density at radius 2 is 1.53 bits per heavy atom. The molecular weight excluding hydrogens is 246 g/mol. The molecule has 0 aromatic rings. The number of carboxylic acid groups (broad SMARTS) is 2. The largest absolute Gasteiger partial charge is 0.478 e. The molecule has 0 aliphatic rings. The van der Waals surface area contributed by atoms with E-state index in [1.165, 1.54) is 31.2 Å². The van der Waals surface area contributed by atoms with Crippen molar-refractivity contribution in [2.75, 3.05) is 0 Å². The Morgan fingerprint density at radius 1 is 1.16 bits per heavy atom. The highest BCUT2D eigenvalue weighted by Crippen LogP contribution is 1.91.